The molecule has 0 saturated heterocycles. The Morgan fingerprint density at radius 1 is 1.31 bits per heavy atom. The predicted molar refractivity (Wildman–Crippen MR) is 55.4 cm³/mol. The van der Waals surface area contributed by atoms with Crippen molar-refractivity contribution in [2.24, 2.45) is 22.9 Å². The molecule has 0 aliphatic heterocycles. The third-order valence-electron chi connectivity index (χ3n) is 3.15. The lowest BCUT2D eigenvalue weighted by atomic mass is 9.77. The molecule has 0 bridgehead atoms. The van der Waals surface area contributed by atoms with Gasteiger partial charge in [-0.15, -0.1) is 0 Å². The first-order valence-corrected chi connectivity index (χ1v) is 5.40. The van der Waals surface area contributed by atoms with Crippen LogP contribution in [0, 0.1) is 17.8 Å². The summed E-state index contributed by atoms with van der Waals surface area (Å²) in [6, 6.07) is 0. The predicted octanol–water partition coefficient (Wildman–Crippen LogP) is 3.48. The minimum absolute atomic E-state index is 0.307. The fourth-order valence-corrected chi connectivity index (χ4v) is 2.32. The van der Waals surface area contributed by atoms with Gasteiger partial charge in [0.25, 0.3) is 0 Å². The highest BCUT2D eigenvalue weighted by atomic mass is 35.5. The molecule has 1 rings (SSSR count). The fraction of sp³-hybridized carbons (Fsp3) is 0.900. The van der Waals surface area contributed by atoms with E-state index < -0.39 is 0 Å². The summed E-state index contributed by atoms with van der Waals surface area (Å²) >= 11 is 5.77. The van der Waals surface area contributed by atoms with Gasteiger partial charge in [-0.05, 0) is 37.5 Å². The zero-order valence-corrected chi connectivity index (χ0v) is 9.09. The van der Waals surface area contributed by atoms with Crippen molar-refractivity contribution in [3.05, 3.63) is 0 Å². The Bertz CT molecular complexity index is 183. The second-order valence-corrected chi connectivity index (χ2v) is 4.67. The molecule has 0 unspecified atom stereocenters. The molecule has 1 N–H and O–H groups in total. The number of hydrogen-bond donors (Lipinski definition) is 1. The van der Waals surface area contributed by atoms with E-state index in [1.54, 1.807) is 0 Å². The summed E-state index contributed by atoms with van der Waals surface area (Å²) in [4.78, 5) is 0. The molecule has 1 aliphatic rings. The van der Waals surface area contributed by atoms with Crippen molar-refractivity contribution >= 4 is 16.8 Å². The molecule has 1 aliphatic carbocycles. The maximum atomic E-state index is 8.52. The quantitative estimate of drug-likeness (QED) is 0.416. The van der Waals surface area contributed by atoms with Crippen LogP contribution in [0.5, 0.6) is 0 Å². The van der Waals surface area contributed by atoms with Crippen LogP contribution < -0.4 is 0 Å². The van der Waals surface area contributed by atoms with Gasteiger partial charge < -0.3 is 5.21 Å². The van der Waals surface area contributed by atoms with Gasteiger partial charge in [-0.1, -0.05) is 30.6 Å². The van der Waals surface area contributed by atoms with Gasteiger partial charge in [0.15, 0.2) is 0 Å². The minimum Gasteiger partial charge on any atom is -0.410 e. The topological polar surface area (TPSA) is 32.6 Å². The largest absolute Gasteiger partial charge is 0.410 e. The molecule has 0 aromatic carbocycles. The second kappa shape index (κ2) is 4.85. The van der Waals surface area contributed by atoms with Crippen molar-refractivity contribution in [2.45, 2.75) is 39.5 Å². The SMILES string of the molecule is CC(C)C1CCC(/C(Cl)=N/O)CC1. The molecule has 0 spiro atoms. The standard InChI is InChI=1S/C10H18ClNO/c1-7(2)8-3-5-9(6-4-8)10(11)12-13/h7-9,13H,3-6H2,1-2H3/b12-10-. The van der Waals surface area contributed by atoms with E-state index in [1.807, 2.05) is 0 Å². The van der Waals surface area contributed by atoms with E-state index in [2.05, 4.69) is 19.0 Å². The molecule has 0 aromatic heterocycles. The average Bonchev–Trinajstić information content (AvgIpc) is 2.17. The zero-order valence-electron chi connectivity index (χ0n) is 8.33. The Kier molecular flexibility index (Phi) is 4.04. The Hall–Kier alpha value is -0.240. The molecule has 0 amide bonds. The van der Waals surface area contributed by atoms with Crippen molar-refractivity contribution in [2.75, 3.05) is 0 Å². The first-order chi connectivity index (χ1) is 6.15. The lowest BCUT2D eigenvalue weighted by Crippen LogP contribution is -2.21. The van der Waals surface area contributed by atoms with E-state index in [-0.39, 0.29) is 0 Å². The van der Waals surface area contributed by atoms with Gasteiger partial charge in [-0.3, -0.25) is 0 Å². The van der Waals surface area contributed by atoms with E-state index in [9.17, 15) is 0 Å². The summed E-state index contributed by atoms with van der Waals surface area (Å²) in [7, 11) is 0. The number of nitrogens with zero attached hydrogens (tertiary/aromatic N) is 1. The monoisotopic (exact) mass is 203 g/mol. The van der Waals surface area contributed by atoms with Crippen LogP contribution in [-0.2, 0) is 0 Å². The van der Waals surface area contributed by atoms with Crippen molar-refractivity contribution in [3.63, 3.8) is 0 Å². The number of rotatable bonds is 2. The van der Waals surface area contributed by atoms with Gasteiger partial charge in [0, 0.05) is 5.92 Å². The van der Waals surface area contributed by atoms with Crippen LogP contribution in [0.4, 0.5) is 0 Å². The van der Waals surface area contributed by atoms with Crippen molar-refractivity contribution in [3.8, 4) is 0 Å². The summed E-state index contributed by atoms with van der Waals surface area (Å²) in [6.45, 7) is 4.54. The van der Waals surface area contributed by atoms with Crippen LogP contribution in [0.15, 0.2) is 5.16 Å². The third kappa shape index (κ3) is 2.87. The summed E-state index contributed by atoms with van der Waals surface area (Å²) in [5, 5.41) is 12.0. The number of hydrogen-bond acceptors (Lipinski definition) is 2. The first-order valence-electron chi connectivity index (χ1n) is 5.02. The van der Waals surface area contributed by atoms with Gasteiger partial charge >= 0.3 is 0 Å². The highest BCUT2D eigenvalue weighted by Crippen LogP contribution is 2.34. The molecule has 76 valence electrons. The normalized spacial score (nSPS) is 30.9. The molecule has 2 nitrogen and oxygen atoms in total. The van der Waals surface area contributed by atoms with Crippen LogP contribution >= 0.6 is 11.6 Å². The minimum atomic E-state index is 0.307. The lowest BCUT2D eigenvalue weighted by Gasteiger charge is -2.29. The van der Waals surface area contributed by atoms with E-state index >= 15 is 0 Å². The molecule has 0 radical (unpaired) electrons. The van der Waals surface area contributed by atoms with Gasteiger partial charge in [0.05, 0.1) is 0 Å². The van der Waals surface area contributed by atoms with Gasteiger partial charge in [0.1, 0.15) is 5.17 Å². The van der Waals surface area contributed by atoms with Gasteiger partial charge in [0.2, 0.25) is 0 Å². The highest BCUT2D eigenvalue weighted by molar-refractivity contribution is 6.65. The Balaban J connectivity index is 2.39. The molecule has 0 atom stereocenters. The van der Waals surface area contributed by atoms with Gasteiger partial charge in [-0.2, -0.15) is 0 Å². The molecule has 0 aromatic rings. The van der Waals surface area contributed by atoms with E-state index in [1.165, 1.54) is 12.8 Å². The second-order valence-electron chi connectivity index (χ2n) is 4.28. The molecule has 3 heteroatoms. The van der Waals surface area contributed by atoms with Crippen LogP contribution in [0.1, 0.15) is 39.5 Å². The molecule has 13 heavy (non-hydrogen) atoms. The summed E-state index contributed by atoms with van der Waals surface area (Å²) in [5.74, 6) is 1.91. The van der Waals surface area contributed by atoms with Gasteiger partial charge in [-0.25, -0.2) is 0 Å². The average molecular weight is 204 g/mol. The van der Waals surface area contributed by atoms with E-state index in [0.29, 0.717) is 11.1 Å². The van der Waals surface area contributed by atoms with Crippen molar-refractivity contribution < 1.29 is 5.21 Å². The Labute approximate surface area is 85.0 Å². The van der Waals surface area contributed by atoms with Crippen LogP contribution in [0.2, 0.25) is 0 Å². The van der Waals surface area contributed by atoms with Crippen molar-refractivity contribution in [1.29, 1.82) is 0 Å². The molecule has 1 saturated carbocycles. The third-order valence-corrected chi connectivity index (χ3v) is 3.53. The highest BCUT2D eigenvalue weighted by Gasteiger charge is 2.25. The fourth-order valence-electron chi connectivity index (χ4n) is 2.11. The zero-order chi connectivity index (χ0) is 9.84. The Morgan fingerprint density at radius 2 is 1.85 bits per heavy atom. The maximum absolute atomic E-state index is 8.52. The van der Waals surface area contributed by atoms with E-state index in [4.69, 9.17) is 16.8 Å². The molecular formula is C10H18ClNO. The summed E-state index contributed by atoms with van der Waals surface area (Å²) < 4.78 is 0. The lowest BCUT2D eigenvalue weighted by molar-refractivity contribution is 0.251. The maximum Gasteiger partial charge on any atom is 0.148 e. The van der Waals surface area contributed by atoms with Crippen LogP contribution in [0.25, 0.3) is 0 Å². The summed E-state index contributed by atoms with van der Waals surface area (Å²) in [5.41, 5.74) is 0. The molecule has 0 heterocycles. The van der Waals surface area contributed by atoms with E-state index in [0.717, 1.165) is 24.7 Å². The smallest absolute Gasteiger partial charge is 0.148 e. The van der Waals surface area contributed by atoms with Crippen LogP contribution in [0.3, 0.4) is 0 Å². The Morgan fingerprint density at radius 3 is 2.23 bits per heavy atom. The van der Waals surface area contributed by atoms with Crippen LogP contribution in [-0.4, -0.2) is 10.4 Å². The number of halogens is 1. The summed E-state index contributed by atoms with van der Waals surface area (Å²) in [6.07, 6.45) is 4.58. The van der Waals surface area contributed by atoms with Crippen molar-refractivity contribution in [1.82, 2.24) is 0 Å². The first kappa shape index (κ1) is 10.8. The molecular weight excluding hydrogens is 186 g/mol. The number of oxime groups is 1. The molecule has 1 fully saturated rings.